The molecule has 4 nitrogen and oxygen atoms in total. The lowest BCUT2D eigenvalue weighted by Crippen LogP contribution is -2.46. The van der Waals surface area contributed by atoms with Crippen LogP contribution in [0.5, 0.6) is 0 Å². The Hall–Kier alpha value is -1.06. The summed E-state index contributed by atoms with van der Waals surface area (Å²) in [5, 5.41) is 11.8. The van der Waals surface area contributed by atoms with Crippen LogP contribution in [0.4, 0.5) is 0 Å². The number of rotatable bonds is 5. The molecule has 18 heavy (non-hydrogen) atoms. The quantitative estimate of drug-likeness (QED) is 0.793. The summed E-state index contributed by atoms with van der Waals surface area (Å²) in [6.07, 6.45) is 4.70. The molecule has 1 aliphatic carbocycles. The fourth-order valence-corrected chi connectivity index (χ4v) is 2.68. The van der Waals surface area contributed by atoms with Crippen molar-refractivity contribution in [3.05, 3.63) is 0 Å². The van der Waals surface area contributed by atoms with E-state index in [1.165, 1.54) is 6.42 Å². The van der Waals surface area contributed by atoms with Gasteiger partial charge in [0.2, 0.25) is 5.91 Å². The van der Waals surface area contributed by atoms with Crippen LogP contribution in [-0.4, -0.2) is 23.0 Å². The number of aliphatic carboxylic acids is 1. The predicted molar refractivity (Wildman–Crippen MR) is 70.1 cm³/mol. The molecule has 0 bridgehead atoms. The van der Waals surface area contributed by atoms with Gasteiger partial charge in [-0.3, -0.25) is 4.79 Å². The molecule has 1 saturated carbocycles. The van der Waals surface area contributed by atoms with Crippen LogP contribution in [0.25, 0.3) is 0 Å². The van der Waals surface area contributed by atoms with Crippen LogP contribution in [-0.2, 0) is 9.59 Å². The van der Waals surface area contributed by atoms with Gasteiger partial charge in [0, 0.05) is 5.92 Å². The first kappa shape index (κ1) is 15.0. The maximum Gasteiger partial charge on any atom is 0.326 e. The van der Waals surface area contributed by atoms with E-state index in [0.29, 0.717) is 12.3 Å². The number of hydrogen-bond acceptors (Lipinski definition) is 2. The molecule has 4 heteroatoms. The summed E-state index contributed by atoms with van der Waals surface area (Å²) in [5.41, 5.74) is 0. The Labute approximate surface area is 109 Å². The normalized spacial score (nSPS) is 25.8. The smallest absolute Gasteiger partial charge is 0.326 e. The van der Waals surface area contributed by atoms with E-state index in [2.05, 4.69) is 12.2 Å². The number of carbonyl (C=O) groups excluding carboxylic acids is 1. The van der Waals surface area contributed by atoms with Crippen LogP contribution in [0.3, 0.4) is 0 Å². The SMILES string of the molecule is CC(C)C[C@H](NC(=O)C1CCCCC1C)C(=O)O. The van der Waals surface area contributed by atoms with Crippen molar-refractivity contribution in [2.24, 2.45) is 17.8 Å². The molecule has 1 aliphatic rings. The van der Waals surface area contributed by atoms with Crippen LogP contribution in [0.15, 0.2) is 0 Å². The lowest BCUT2D eigenvalue weighted by atomic mass is 9.80. The highest BCUT2D eigenvalue weighted by Crippen LogP contribution is 2.29. The molecule has 1 rings (SSSR count). The van der Waals surface area contributed by atoms with Crippen molar-refractivity contribution in [1.29, 1.82) is 0 Å². The molecule has 104 valence electrons. The van der Waals surface area contributed by atoms with Crippen LogP contribution < -0.4 is 5.32 Å². The summed E-state index contributed by atoms with van der Waals surface area (Å²) in [5.74, 6) is -0.383. The zero-order chi connectivity index (χ0) is 13.7. The maximum absolute atomic E-state index is 12.1. The Morgan fingerprint density at radius 1 is 1.28 bits per heavy atom. The average molecular weight is 255 g/mol. The minimum Gasteiger partial charge on any atom is -0.480 e. The summed E-state index contributed by atoms with van der Waals surface area (Å²) in [4.78, 5) is 23.3. The van der Waals surface area contributed by atoms with E-state index >= 15 is 0 Å². The van der Waals surface area contributed by atoms with Gasteiger partial charge in [-0.05, 0) is 31.1 Å². The van der Waals surface area contributed by atoms with Gasteiger partial charge in [0.1, 0.15) is 6.04 Å². The number of amides is 1. The molecule has 0 aromatic rings. The van der Waals surface area contributed by atoms with Gasteiger partial charge in [0.25, 0.3) is 0 Å². The topological polar surface area (TPSA) is 66.4 Å². The standard InChI is InChI=1S/C14H25NO3/c1-9(2)8-12(14(17)18)15-13(16)11-7-5-4-6-10(11)3/h9-12H,4-8H2,1-3H3,(H,15,16)(H,17,18)/t10?,11?,12-/m0/s1. The molecule has 0 radical (unpaired) electrons. The van der Waals surface area contributed by atoms with Gasteiger partial charge < -0.3 is 10.4 Å². The molecule has 3 atom stereocenters. The number of hydrogen-bond donors (Lipinski definition) is 2. The summed E-state index contributed by atoms with van der Waals surface area (Å²) in [6.45, 7) is 6.01. The Morgan fingerprint density at radius 2 is 1.89 bits per heavy atom. The summed E-state index contributed by atoms with van der Waals surface area (Å²) in [6, 6.07) is -0.744. The summed E-state index contributed by atoms with van der Waals surface area (Å²) in [7, 11) is 0. The number of carboxylic acid groups (broad SMARTS) is 1. The summed E-state index contributed by atoms with van der Waals surface area (Å²) >= 11 is 0. The third-order valence-electron chi connectivity index (χ3n) is 3.77. The van der Waals surface area contributed by atoms with Gasteiger partial charge in [-0.15, -0.1) is 0 Å². The lowest BCUT2D eigenvalue weighted by molar-refractivity contribution is -0.143. The molecule has 2 N–H and O–H groups in total. The Balaban J connectivity index is 2.57. The Bertz CT molecular complexity index is 301. The molecular formula is C14H25NO3. The van der Waals surface area contributed by atoms with Crippen molar-refractivity contribution in [3.63, 3.8) is 0 Å². The lowest BCUT2D eigenvalue weighted by Gasteiger charge is -2.29. The number of nitrogens with one attached hydrogen (secondary N) is 1. The third kappa shape index (κ3) is 4.31. The molecular weight excluding hydrogens is 230 g/mol. The largest absolute Gasteiger partial charge is 0.480 e. The monoisotopic (exact) mass is 255 g/mol. The van der Waals surface area contributed by atoms with E-state index in [4.69, 9.17) is 5.11 Å². The summed E-state index contributed by atoms with van der Waals surface area (Å²) < 4.78 is 0. The second-order valence-electron chi connectivity index (χ2n) is 5.90. The van der Waals surface area contributed by atoms with Gasteiger partial charge in [-0.2, -0.15) is 0 Å². The first-order valence-electron chi connectivity index (χ1n) is 6.95. The molecule has 1 fully saturated rings. The maximum atomic E-state index is 12.1. The minimum atomic E-state index is -0.930. The molecule has 0 heterocycles. The van der Waals surface area contributed by atoms with Crippen LogP contribution >= 0.6 is 0 Å². The van der Waals surface area contributed by atoms with Gasteiger partial charge >= 0.3 is 5.97 Å². The predicted octanol–water partition coefficient (Wildman–Crippen LogP) is 2.43. The fourth-order valence-electron chi connectivity index (χ4n) is 2.68. The van der Waals surface area contributed by atoms with Gasteiger partial charge in [0.05, 0.1) is 0 Å². The van der Waals surface area contributed by atoms with Crippen molar-refractivity contribution in [2.75, 3.05) is 0 Å². The van der Waals surface area contributed by atoms with E-state index in [1.807, 2.05) is 13.8 Å². The van der Waals surface area contributed by atoms with Crippen molar-refractivity contribution >= 4 is 11.9 Å². The Morgan fingerprint density at radius 3 is 2.39 bits per heavy atom. The second-order valence-corrected chi connectivity index (χ2v) is 5.90. The number of carboxylic acids is 1. The second kappa shape index (κ2) is 6.76. The zero-order valence-corrected chi connectivity index (χ0v) is 11.6. The van der Waals surface area contributed by atoms with Crippen molar-refractivity contribution in [2.45, 2.75) is 58.9 Å². The van der Waals surface area contributed by atoms with Gasteiger partial charge in [-0.1, -0.05) is 33.6 Å². The van der Waals surface area contributed by atoms with Crippen LogP contribution in [0.2, 0.25) is 0 Å². The van der Waals surface area contributed by atoms with Crippen LogP contribution in [0.1, 0.15) is 52.9 Å². The molecule has 0 aliphatic heterocycles. The zero-order valence-electron chi connectivity index (χ0n) is 11.6. The molecule has 0 aromatic heterocycles. The molecule has 0 aromatic carbocycles. The minimum absolute atomic E-state index is 0.00670. The van der Waals surface area contributed by atoms with Gasteiger partial charge in [-0.25, -0.2) is 4.79 Å². The van der Waals surface area contributed by atoms with Crippen molar-refractivity contribution < 1.29 is 14.7 Å². The van der Waals surface area contributed by atoms with Crippen molar-refractivity contribution in [1.82, 2.24) is 5.32 Å². The first-order chi connectivity index (χ1) is 8.41. The van der Waals surface area contributed by atoms with Crippen LogP contribution in [0, 0.1) is 17.8 Å². The van der Waals surface area contributed by atoms with E-state index < -0.39 is 12.0 Å². The fraction of sp³-hybridized carbons (Fsp3) is 0.857. The Kier molecular flexibility index (Phi) is 5.63. The highest BCUT2D eigenvalue weighted by atomic mass is 16.4. The third-order valence-corrected chi connectivity index (χ3v) is 3.77. The average Bonchev–Trinajstić information content (AvgIpc) is 2.27. The first-order valence-corrected chi connectivity index (χ1v) is 6.95. The van der Waals surface area contributed by atoms with E-state index in [-0.39, 0.29) is 17.7 Å². The molecule has 0 saturated heterocycles. The molecule has 1 amide bonds. The van der Waals surface area contributed by atoms with E-state index in [0.717, 1.165) is 19.3 Å². The highest BCUT2D eigenvalue weighted by molar-refractivity contribution is 5.85. The van der Waals surface area contributed by atoms with E-state index in [1.54, 1.807) is 0 Å². The number of carbonyl (C=O) groups is 2. The van der Waals surface area contributed by atoms with Gasteiger partial charge in [0.15, 0.2) is 0 Å². The molecule has 0 spiro atoms. The molecule has 2 unspecified atom stereocenters. The van der Waals surface area contributed by atoms with Crippen molar-refractivity contribution in [3.8, 4) is 0 Å². The van der Waals surface area contributed by atoms with E-state index in [9.17, 15) is 9.59 Å². The highest BCUT2D eigenvalue weighted by Gasteiger charge is 2.30.